The van der Waals surface area contributed by atoms with Crippen LogP contribution in [0.5, 0.6) is 0 Å². The summed E-state index contributed by atoms with van der Waals surface area (Å²) in [6, 6.07) is 14.8. The van der Waals surface area contributed by atoms with Crippen LogP contribution in [-0.2, 0) is 19.4 Å². The van der Waals surface area contributed by atoms with Gasteiger partial charge >= 0.3 is 5.97 Å². The first-order chi connectivity index (χ1) is 12.3. The summed E-state index contributed by atoms with van der Waals surface area (Å²) in [7, 11) is -3.38. The number of hydrogen-bond acceptors (Lipinski definition) is 5. The molecule has 0 atom stereocenters. The Balaban J connectivity index is 1.61. The molecule has 1 amide bonds. The minimum Gasteiger partial charge on any atom is -0.451 e. The molecule has 1 aromatic heterocycles. The molecule has 26 heavy (non-hydrogen) atoms. The van der Waals surface area contributed by atoms with E-state index in [2.05, 4.69) is 10.3 Å². The maximum absolute atomic E-state index is 12.0. The molecule has 0 aliphatic rings. The molecule has 0 bridgehead atoms. The van der Waals surface area contributed by atoms with Gasteiger partial charge in [-0.3, -0.25) is 4.79 Å². The normalized spacial score (nSPS) is 11.3. The first-order valence-electron chi connectivity index (χ1n) is 7.68. The van der Waals surface area contributed by atoms with Crippen LogP contribution in [-0.4, -0.2) is 38.1 Å². The van der Waals surface area contributed by atoms with Crippen LogP contribution in [0.2, 0.25) is 0 Å². The van der Waals surface area contributed by atoms with E-state index in [1.54, 1.807) is 12.1 Å². The molecular weight excluding hydrogens is 356 g/mol. The quantitative estimate of drug-likeness (QED) is 0.669. The lowest BCUT2D eigenvalue weighted by Gasteiger charge is -2.07. The van der Waals surface area contributed by atoms with Gasteiger partial charge in [-0.15, -0.1) is 0 Å². The van der Waals surface area contributed by atoms with Crippen LogP contribution in [0.15, 0.2) is 59.5 Å². The number of ether oxygens (including phenoxy) is 1. The van der Waals surface area contributed by atoms with Crippen molar-refractivity contribution < 1.29 is 22.7 Å². The van der Waals surface area contributed by atoms with Crippen molar-refractivity contribution >= 4 is 38.3 Å². The molecule has 0 fully saturated rings. The Bertz CT molecular complexity index is 1050. The molecule has 0 aliphatic carbocycles. The molecule has 134 valence electrons. The molecule has 8 heteroatoms. The fraction of sp³-hybridized carbons (Fsp3) is 0.111. The predicted octanol–water partition coefficient (Wildman–Crippen LogP) is 2.37. The van der Waals surface area contributed by atoms with Gasteiger partial charge in [0.2, 0.25) is 0 Å². The summed E-state index contributed by atoms with van der Waals surface area (Å²) in [6.45, 7) is -0.489. The Morgan fingerprint density at radius 1 is 1.08 bits per heavy atom. The Labute approximate surface area is 149 Å². The summed E-state index contributed by atoms with van der Waals surface area (Å²) in [5.74, 6) is -1.22. The lowest BCUT2D eigenvalue weighted by molar-refractivity contribution is -0.119. The first kappa shape index (κ1) is 17.7. The van der Waals surface area contributed by atoms with Gasteiger partial charge in [0, 0.05) is 22.8 Å². The number of para-hydroxylation sites is 1. The van der Waals surface area contributed by atoms with Crippen LogP contribution >= 0.6 is 0 Å². The van der Waals surface area contributed by atoms with Crippen molar-refractivity contribution in [3.63, 3.8) is 0 Å². The average Bonchev–Trinajstić information content (AvgIpc) is 3.03. The zero-order valence-corrected chi connectivity index (χ0v) is 14.7. The fourth-order valence-corrected chi connectivity index (χ4v) is 3.06. The third-order valence-corrected chi connectivity index (χ3v) is 4.74. The Morgan fingerprint density at radius 2 is 1.85 bits per heavy atom. The van der Waals surface area contributed by atoms with E-state index in [0.717, 1.165) is 17.2 Å². The highest BCUT2D eigenvalue weighted by molar-refractivity contribution is 7.90. The number of esters is 1. The molecular formula is C18H16N2O5S. The molecule has 0 saturated heterocycles. The van der Waals surface area contributed by atoms with Crippen LogP contribution < -0.4 is 5.32 Å². The number of amides is 1. The summed E-state index contributed by atoms with van der Waals surface area (Å²) in [6.07, 6.45) is 1.08. The smallest absolute Gasteiger partial charge is 0.355 e. The average molecular weight is 372 g/mol. The van der Waals surface area contributed by atoms with Crippen LogP contribution in [0.4, 0.5) is 5.69 Å². The molecule has 3 aromatic rings. The van der Waals surface area contributed by atoms with E-state index in [0.29, 0.717) is 5.69 Å². The number of anilines is 1. The van der Waals surface area contributed by atoms with Crippen molar-refractivity contribution in [2.45, 2.75) is 4.90 Å². The van der Waals surface area contributed by atoms with E-state index in [-0.39, 0.29) is 10.6 Å². The zero-order chi connectivity index (χ0) is 18.7. The monoisotopic (exact) mass is 372 g/mol. The van der Waals surface area contributed by atoms with E-state index >= 15 is 0 Å². The number of carbonyl (C=O) groups excluding carboxylic acids is 2. The second-order valence-corrected chi connectivity index (χ2v) is 7.71. The van der Waals surface area contributed by atoms with Crippen LogP contribution in [0.25, 0.3) is 10.9 Å². The summed E-state index contributed by atoms with van der Waals surface area (Å²) >= 11 is 0. The first-order valence-corrected chi connectivity index (χ1v) is 9.57. The molecule has 0 unspecified atom stereocenters. The summed E-state index contributed by atoms with van der Waals surface area (Å²) in [4.78, 5) is 27.0. The highest BCUT2D eigenvalue weighted by Crippen LogP contribution is 2.16. The summed E-state index contributed by atoms with van der Waals surface area (Å²) in [5.41, 5.74) is 1.35. The zero-order valence-electron chi connectivity index (χ0n) is 13.9. The number of H-pyrrole nitrogens is 1. The molecule has 1 heterocycles. The van der Waals surface area contributed by atoms with E-state index in [1.807, 2.05) is 24.3 Å². The number of hydrogen-bond donors (Lipinski definition) is 2. The summed E-state index contributed by atoms with van der Waals surface area (Å²) in [5, 5.41) is 3.36. The number of fused-ring (bicyclic) bond motifs is 1. The van der Waals surface area contributed by atoms with Gasteiger partial charge in [-0.2, -0.15) is 0 Å². The number of aromatic nitrogens is 1. The third kappa shape index (κ3) is 4.09. The Kier molecular flexibility index (Phi) is 4.77. The van der Waals surface area contributed by atoms with E-state index < -0.39 is 28.3 Å². The minimum absolute atomic E-state index is 0.0883. The van der Waals surface area contributed by atoms with Crippen molar-refractivity contribution in [2.75, 3.05) is 18.2 Å². The predicted molar refractivity (Wildman–Crippen MR) is 96.8 cm³/mol. The highest BCUT2D eigenvalue weighted by atomic mass is 32.2. The van der Waals surface area contributed by atoms with Gasteiger partial charge in [-0.25, -0.2) is 13.2 Å². The van der Waals surface area contributed by atoms with Crippen molar-refractivity contribution in [3.8, 4) is 0 Å². The van der Waals surface area contributed by atoms with Gasteiger partial charge in [0.1, 0.15) is 5.69 Å². The maximum Gasteiger partial charge on any atom is 0.355 e. The van der Waals surface area contributed by atoms with Crippen LogP contribution in [0.3, 0.4) is 0 Å². The van der Waals surface area contributed by atoms with Crippen molar-refractivity contribution in [1.29, 1.82) is 0 Å². The second-order valence-electron chi connectivity index (χ2n) is 5.69. The molecule has 7 nitrogen and oxygen atoms in total. The molecule has 0 spiro atoms. The van der Waals surface area contributed by atoms with Gasteiger partial charge in [-0.1, -0.05) is 24.3 Å². The minimum atomic E-state index is -3.38. The molecule has 0 aliphatic heterocycles. The largest absolute Gasteiger partial charge is 0.451 e. The molecule has 2 aromatic carbocycles. The Morgan fingerprint density at radius 3 is 2.58 bits per heavy atom. The van der Waals surface area contributed by atoms with Gasteiger partial charge < -0.3 is 15.0 Å². The number of carbonyl (C=O) groups is 2. The molecule has 2 N–H and O–H groups in total. The molecule has 3 rings (SSSR count). The van der Waals surface area contributed by atoms with Crippen molar-refractivity contribution in [3.05, 3.63) is 60.3 Å². The fourth-order valence-electron chi connectivity index (χ4n) is 2.39. The number of benzene rings is 2. The van der Waals surface area contributed by atoms with Gasteiger partial charge in [0.15, 0.2) is 16.4 Å². The van der Waals surface area contributed by atoms with E-state index in [1.165, 1.54) is 18.2 Å². The summed E-state index contributed by atoms with van der Waals surface area (Å²) < 4.78 is 28.1. The van der Waals surface area contributed by atoms with E-state index in [9.17, 15) is 18.0 Å². The van der Waals surface area contributed by atoms with E-state index in [4.69, 9.17) is 4.74 Å². The number of nitrogens with one attached hydrogen (secondary N) is 2. The second kappa shape index (κ2) is 7.01. The van der Waals surface area contributed by atoms with Crippen LogP contribution in [0.1, 0.15) is 10.5 Å². The maximum atomic E-state index is 12.0. The van der Waals surface area contributed by atoms with Crippen molar-refractivity contribution in [1.82, 2.24) is 4.98 Å². The lowest BCUT2D eigenvalue weighted by Crippen LogP contribution is -2.21. The molecule has 0 radical (unpaired) electrons. The SMILES string of the molecule is CS(=O)(=O)c1cccc(NC(=O)COC(=O)c2cc3ccccc3[nH]2)c1. The molecule has 0 saturated carbocycles. The van der Waals surface area contributed by atoms with Gasteiger partial charge in [0.05, 0.1) is 4.90 Å². The van der Waals surface area contributed by atoms with Crippen LogP contribution in [0, 0.1) is 0 Å². The van der Waals surface area contributed by atoms with Gasteiger partial charge in [0.25, 0.3) is 5.91 Å². The number of sulfone groups is 1. The highest BCUT2D eigenvalue weighted by Gasteiger charge is 2.14. The number of aromatic amines is 1. The third-order valence-electron chi connectivity index (χ3n) is 3.63. The Hall–Kier alpha value is -3.13. The number of rotatable bonds is 5. The van der Waals surface area contributed by atoms with Gasteiger partial charge in [-0.05, 0) is 30.3 Å². The topological polar surface area (TPSA) is 105 Å². The standard InChI is InChI=1S/C18H16N2O5S/c1-26(23,24)14-7-4-6-13(10-14)19-17(21)11-25-18(22)16-9-12-5-2-3-8-15(12)20-16/h2-10,20H,11H2,1H3,(H,19,21). The van der Waals surface area contributed by atoms with Crippen molar-refractivity contribution in [2.24, 2.45) is 0 Å². The lowest BCUT2D eigenvalue weighted by atomic mass is 10.2.